The minimum atomic E-state index is -1.98. The van der Waals surface area contributed by atoms with Gasteiger partial charge >= 0.3 is 35.8 Å². The molecule has 0 saturated carbocycles. The summed E-state index contributed by atoms with van der Waals surface area (Å²) in [6.07, 6.45) is -12.6. The van der Waals surface area contributed by atoms with Crippen molar-refractivity contribution in [2.75, 3.05) is 26.9 Å². The summed E-state index contributed by atoms with van der Waals surface area (Å²) >= 11 is 0. The molecule has 2 fully saturated rings. The van der Waals surface area contributed by atoms with Gasteiger partial charge in [0.2, 0.25) is 0 Å². The van der Waals surface area contributed by atoms with E-state index in [0.717, 1.165) is 19.3 Å². The second-order valence-corrected chi connectivity index (χ2v) is 17.6. The van der Waals surface area contributed by atoms with E-state index < -0.39 is 104 Å². The second kappa shape index (κ2) is 28.4. The van der Waals surface area contributed by atoms with Crippen LogP contribution in [-0.2, 0) is 52.2 Å². The molecule has 18 nitrogen and oxygen atoms in total. The van der Waals surface area contributed by atoms with Crippen molar-refractivity contribution in [1.29, 1.82) is 0 Å². The molecule has 0 aliphatic carbocycles. The fourth-order valence-electron chi connectivity index (χ4n) is 8.31. The van der Waals surface area contributed by atoms with Gasteiger partial charge < -0.3 is 57.6 Å². The molecule has 2 heterocycles. The molecule has 5 aromatic carbocycles. The number of aliphatic hydroxyl groups is 2. The quantitative estimate of drug-likeness (QED) is 0.0365. The Hall–Kier alpha value is -7.32. The van der Waals surface area contributed by atoms with Crippen LogP contribution in [0.5, 0.6) is 0 Å². The van der Waals surface area contributed by atoms with E-state index >= 15 is 0 Å². The zero-order valence-electron chi connectivity index (χ0n) is 41.2. The minimum absolute atomic E-state index is 0.0460. The molecule has 2 saturated heterocycles. The van der Waals surface area contributed by atoms with Gasteiger partial charge in [-0.05, 0) is 73.5 Å². The summed E-state index contributed by atoms with van der Waals surface area (Å²) in [5.74, 6) is -4.58. The molecule has 10 atom stereocenters. The molecule has 0 radical (unpaired) electrons. The average molecular weight is 1030 g/mol. The van der Waals surface area contributed by atoms with Crippen molar-refractivity contribution in [3.05, 3.63) is 179 Å². The van der Waals surface area contributed by atoms with Gasteiger partial charge in [-0.15, -0.1) is 0 Å². The van der Waals surface area contributed by atoms with Crippen LogP contribution >= 0.6 is 0 Å². The highest BCUT2D eigenvalue weighted by Crippen LogP contribution is 2.35. The highest BCUT2D eigenvalue weighted by molar-refractivity contribution is 5.91. The molecule has 2 aliphatic heterocycles. The van der Waals surface area contributed by atoms with Crippen molar-refractivity contribution in [2.45, 2.75) is 106 Å². The molecule has 0 amide bonds. The summed E-state index contributed by atoms with van der Waals surface area (Å²) in [6.45, 7) is -1.21. The van der Waals surface area contributed by atoms with E-state index in [-0.39, 0.29) is 40.4 Å². The molecule has 396 valence electrons. The van der Waals surface area contributed by atoms with Gasteiger partial charge in [0.05, 0.1) is 34.9 Å². The number of benzene rings is 5. The van der Waals surface area contributed by atoms with Crippen molar-refractivity contribution in [3.8, 4) is 0 Å². The molecule has 18 heteroatoms. The molecule has 75 heavy (non-hydrogen) atoms. The van der Waals surface area contributed by atoms with Gasteiger partial charge in [-0.2, -0.15) is 0 Å². The number of methoxy groups -OCH3 is 1. The fourth-order valence-corrected chi connectivity index (χ4v) is 8.31. The van der Waals surface area contributed by atoms with Crippen LogP contribution in [0, 0.1) is 0 Å². The lowest BCUT2D eigenvalue weighted by atomic mass is 9.96. The smallest absolute Gasteiger partial charge is 0.338 e. The van der Waals surface area contributed by atoms with Crippen LogP contribution < -0.4 is 0 Å². The van der Waals surface area contributed by atoms with E-state index in [2.05, 4.69) is 0 Å². The van der Waals surface area contributed by atoms with Crippen LogP contribution in [0.15, 0.2) is 152 Å². The number of carbonyl (C=O) groups is 6. The lowest BCUT2D eigenvalue weighted by Gasteiger charge is -2.48. The van der Waals surface area contributed by atoms with Gasteiger partial charge in [0.25, 0.3) is 0 Å². The van der Waals surface area contributed by atoms with Gasteiger partial charge in [0.15, 0.2) is 30.9 Å². The van der Waals surface area contributed by atoms with Crippen LogP contribution in [0.2, 0.25) is 0 Å². The maximum Gasteiger partial charge on any atom is 0.338 e. The van der Waals surface area contributed by atoms with E-state index in [9.17, 15) is 39.0 Å². The SMILES string of the molecule is COC(=O)CCCCCCCCO[C@@H]1O[C@H](COC(=O)c2ccccc2)[C@@H](O[C@@H]2O[C@H](COC(=O)c3ccccc3)[C@H](O)[C@H](O)[C@H]2OC(=O)c2ccccc2)[C@H](OC(=O)c2ccccc2)[C@H]1OC(=O)c1ccccc1. The van der Waals surface area contributed by atoms with Gasteiger partial charge in [-0.1, -0.05) is 117 Å². The maximum absolute atomic E-state index is 14.3. The van der Waals surface area contributed by atoms with E-state index in [1.54, 1.807) is 91.0 Å². The molecule has 5 aromatic rings. The lowest BCUT2D eigenvalue weighted by molar-refractivity contribution is -0.357. The average Bonchev–Trinajstić information content (AvgIpc) is 3.45. The van der Waals surface area contributed by atoms with Gasteiger partial charge in [-0.3, -0.25) is 4.79 Å². The molecule has 7 rings (SSSR count). The molecular formula is C57H60O18. The van der Waals surface area contributed by atoms with Gasteiger partial charge in [-0.25, -0.2) is 24.0 Å². The summed E-state index contributed by atoms with van der Waals surface area (Å²) in [6, 6.07) is 39.7. The molecular weight excluding hydrogens is 973 g/mol. The highest BCUT2D eigenvalue weighted by atomic mass is 16.8. The van der Waals surface area contributed by atoms with Crippen LogP contribution in [0.4, 0.5) is 0 Å². The summed E-state index contributed by atoms with van der Waals surface area (Å²) in [4.78, 5) is 80.5. The Labute approximate surface area is 433 Å². The normalized spacial score (nSPS) is 23.2. The Morgan fingerprint density at radius 2 is 0.813 bits per heavy atom. The molecule has 0 spiro atoms. The van der Waals surface area contributed by atoms with Crippen LogP contribution in [0.3, 0.4) is 0 Å². The van der Waals surface area contributed by atoms with Crippen LogP contribution in [0.25, 0.3) is 0 Å². The van der Waals surface area contributed by atoms with Crippen LogP contribution in [0.1, 0.15) is 96.7 Å². The van der Waals surface area contributed by atoms with Crippen molar-refractivity contribution in [3.63, 3.8) is 0 Å². The Kier molecular flexibility index (Phi) is 21.0. The maximum atomic E-state index is 14.3. The molecule has 0 aromatic heterocycles. The third-order valence-corrected chi connectivity index (χ3v) is 12.3. The number of unbranched alkanes of at least 4 members (excludes halogenated alkanes) is 5. The first-order valence-electron chi connectivity index (χ1n) is 24.7. The summed E-state index contributed by atoms with van der Waals surface area (Å²) < 4.78 is 60.5. The van der Waals surface area contributed by atoms with Crippen molar-refractivity contribution < 1.29 is 86.3 Å². The predicted octanol–water partition coefficient (Wildman–Crippen LogP) is 6.85. The van der Waals surface area contributed by atoms with Crippen molar-refractivity contribution >= 4 is 35.8 Å². The second-order valence-electron chi connectivity index (χ2n) is 17.6. The summed E-state index contributed by atoms with van der Waals surface area (Å²) in [5.41, 5.74) is 0.612. The van der Waals surface area contributed by atoms with E-state index in [4.69, 9.17) is 47.4 Å². The first-order chi connectivity index (χ1) is 36.5. The Balaban J connectivity index is 1.25. The number of ether oxygens (including phenoxy) is 10. The Bertz CT molecular complexity index is 2580. The third-order valence-electron chi connectivity index (χ3n) is 12.3. The molecule has 2 aliphatic rings. The number of aliphatic hydroxyl groups excluding tert-OH is 2. The van der Waals surface area contributed by atoms with E-state index in [0.29, 0.717) is 25.7 Å². The predicted molar refractivity (Wildman–Crippen MR) is 265 cm³/mol. The third kappa shape index (κ3) is 15.8. The van der Waals surface area contributed by atoms with E-state index in [1.165, 1.54) is 67.8 Å². The van der Waals surface area contributed by atoms with Gasteiger partial charge in [0, 0.05) is 13.0 Å². The largest absolute Gasteiger partial charge is 0.469 e. The Morgan fingerprint density at radius 3 is 1.28 bits per heavy atom. The minimum Gasteiger partial charge on any atom is -0.469 e. The number of carbonyl (C=O) groups excluding carboxylic acids is 6. The lowest BCUT2D eigenvalue weighted by Crippen LogP contribution is -2.66. The number of esters is 6. The highest BCUT2D eigenvalue weighted by Gasteiger charge is 2.56. The molecule has 0 bridgehead atoms. The topological polar surface area (TPSA) is 235 Å². The van der Waals surface area contributed by atoms with Crippen LogP contribution in [-0.4, -0.2) is 134 Å². The van der Waals surface area contributed by atoms with E-state index in [1.807, 2.05) is 0 Å². The summed E-state index contributed by atoms with van der Waals surface area (Å²) in [7, 11) is 1.35. The number of hydrogen-bond donors (Lipinski definition) is 2. The fraction of sp³-hybridized carbons (Fsp3) is 0.368. The monoisotopic (exact) mass is 1030 g/mol. The first kappa shape index (κ1) is 55.4. The van der Waals surface area contributed by atoms with Crippen molar-refractivity contribution in [1.82, 2.24) is 0 Å². The zero-order chi connectivity index (χ0) is 52.9. The number of hydrogen-bond acceptors (Lipinski definition) is 18. The number of rotatable bonds is 24. The standard InChI is InChI=1S/C57H60O18/c1-66-44(58)33-21-4-2-3-5-22-34-67-56-50(74-55(65)41-31-19-10-20-32-41)49(73-54(64)40-29-17-9-18-30-40)47(43(71-56)36-69-52(62)38-25-13-7-14-26-38)75-57-48(72-53(63)39-27-15-8-16-28-39)46(60)45(59)42(70-57)35-68-51(61)37-23-11-6-12-24-37/h6-20,23-32,42-43,45-50,56-57,59-60H,2-5,21-22,33-36H2,1H3/t42-,43-,45+,46+,47-,48-,49+,50-,56-,57+/m1/s1. The van der Waals surface area contributed by atoms with Crippen molar-refractivity contribution in [2.24, 2.45) is 0 Å². The Morgan fingerprint density at radius 1 is 0.427 bits per heavy atom. The molecule has 2 N–H and O–H groups in total. The first-order valence-corrected chi connectivity index (χ1v) is 24.7. The molecule has 0 unspecified atom stereocenters. The zero-order valence-corrected chi connectivity index (χ0v) is 41.2. The van der Waals surface area contributed by atoms with Gasteiger partial charge in [0.1, 0.15) is 43.7 Å². The summed E-state index contributed by atoms with van der Waals surface area (Å²) in [5, 5.41) is 23.4.